The molecule has 3 N–H and O–H groups in total. The maximum atomic E-state index is 12.5. The fourth-order valence-electron chi connectivity index (χ4n) is 2.74. The second-order valence-electron chi connectivity index (χ2n) is 6.01. The number of nitrogens with one attached hydrogen (secondary N) is 1. The van der Waals surface area contributed by atoms with E-state index in [1.807, 2.05) is 30.3 Å². The maximum Gasteiger partial charge on any atom is 0.322 e. The van der Waals surface area contributed by atoms with Crippen LogP contribution in [0.15, 0.2) is 48.5 Å². The van der Waals surface area contributed by atoms with E-state index in [2.05, 4.69) is 5.32 Å². The summed E-state index contributed by atoms with van der Waals surface area (Å²) < 4.78 is 11.3. The number of hydrogen-bond acceptors (Lipinski definition) is 4. The number of benzene rings is 2. The molecule has 26 heavy (non-hydrogen) atoms. The highest BCUT2D eigenvalue weighted by Gasteiger charge is 2.23. The Morgan fingerprint density at radius 1 is 1.31 bits per heavy atom. The summed E-state index contributed by atoms with van der Waals surface area (Å²) in [4.78, 5) is 14.2. The van der Waals surface area contributed by atoms with Gasteiger partial charge < -0.3 is 25.4 Å². The van der Waals surface area contributed by atoms with E-state index in [9.17, 15) is 4.79 Å². The largest absolute Gasteiger partial charge is 0.456 e. The minimum atomic E-state index is -0.178. The highest BCUT2D eigenvalue weighted by molar-refractivity contribution is 6.32. The molecule has 0 aromatic heterocycles. The molecule has 2 amide bonds. The molecule has 0 radical (unpaired) electrons. The molecule has 1 heterocycles. The number of morpholine rings is 1. The molecular formula is C19H22ClN3O3. The summed E-state index contributed by atoms with van der Waals surface area (Å²) in [5.41, 5.74) is 6.18. The lowest BCUT2D eigenvalue weighted by atomic mass is 10.2. The van der Waals surface area contributed by atoms with Crippen LogP contribution in [0.1, 0.15) is 6.42 Å². The van der Waals surface area contributed by atoms with Gasteiger partial charge in [-0.2, -0.15) is 0 Å². The number of halogens is 1. The molecule has 1 fully saturated rings. The van der Waals surface area contributed by atoms with Crippen molar-refractivity contribution in [2.45, 2.75) is 12.5 Å². The summed E-state index contributed by atoms with van der Waals surface area (Å²) in [6.45, 7) is 2.14. The molecule has 0 bridgehead atoms. The molecule has 1 unspecified atom stereocenters. The number of rotatable bonds is 5. The number of para-hydroxylation sites is 1. The van der Waals surface area contributed by atoms with Crippen LogP contribution in [0.4, 0.5) is 10.5 Å². The van der Waals surface area contributed by atoms with Gasteiger partial charge in [-0.25, -0.2) is 4.79 Å². The molecule has 1 aliphatic heterocycles. The number of nitrogens with two attached hydrogens (primary N) is 1. The summed E-state index contributed by atoms with van der Waals surface area (Å²) in [5.74, 6) is 1.23. The van der Waals surface area contributed by atoms with Gasteiger partial charge in [0.25, 0.3) is 0 Å². The van der Waals surface area contributed by atoms with Crippen molar-refractivity contribution < 1.29 is 14.3 Å². The van der Waals surface area contributed by atoms with Crippen LogP contribution in [0.3, 0.4) is 0 Å². The van der Waals surface area contributed by atoms with Crippen molar-refractivity contribution in [3.63, 3.8) is 0 Å². The molecule has 1 atom stereocenters. The summed E-state index contributed by atoms with van der Waals surface area (Å²) in [7, 11) is 0. The fourth-order valence-corrected chi connectivity index (χ4v) is 2.96. The van der Waals surface area contributed by atoms with Crippen molar-refractivity contribution in [1.29, 1.82) is 0 Å². The third kappa shape index (κ3) is 4.88. The predicted molar refractivity (Wildman–Crippen MR) is 102 cm³/mol. The van der Waals surface area contributed by atoms with E-state index in [0.717, 1.165) is 6.42 Å². The summed E-state index contributed by atoms with van der Waals surface area (Å²) in [5, 5.41) is 3.29. The van der Waals surface area contributed by atoms with Crippen LogP contribution in [-0.2, 0) is 4.74 Å². The van der Waals surface area contributed by atoms with E-state index in [-0.39, 0.29) is 12.1 Å². The summed E-state index contributed by atoms with van der Waals surface area (Å²) in [6.07, 6.45) is 0.728. The molecule has 1 saturated heterocycles. The second-order valence-corrected chi connectivity index (χ2v) is 6.41. The Morgan fingerprint density at radius 2 is 2.12 bits per heavy atom. The van der Waals surface area contributed by atoms with E-state index in [0.29, 0.717) is 48.5 Å². The topological polar surface area (TPSA) is 76.8 Å². The molecule has 2 aromatic rings. The van der Waals surface area contributed by atoms with Gasteiger partial charge in [0.05, 0.1) is 17.7 Å². The molecule has 7 heteroatoms. The van der Waals surface area contributed by atoms with E-state index >= 15 is 0 Å². The summed E-state index contributed by atoms with van der Waals surface area (Å²) in [6, 6.07) is 14.4. The van der Waals surface area contributed by atoms with Crippen LogP contribution in [-0.4, -0.2) is 43.3 Å². The minimum absolute atomic E-state index is 0.00950. The van der Waals surface area contributed by atoms with Gasteiger partial charge in [-0.05, 0) is 43.3 Å². The van der Waals surface area contributed by atoms with Gasteiger partial charge in [0.2, 0.25) is 0 Å². The zero-order chi connectivity index (χ0) is 18.4. The van der Waals surface area contributed by atoms with Gasteiger partial charge in [-0.1, -0.05) is 29.8 Å². The number of hydrogen-bond donors (Lipinski definition) is 2. The third-order valence-electron chi connectivity index (χ3n) is 4.07. The first-order valence-electron chi connectivity index (χ1n) is 8.56. The first-order chi connectivity index (χ1) is 12.7. The zero-order valence-corrected chi connectivity index (χ0v) is 15.1. The standard InChI is InChI=1S/C19H22ClN3O3/c20-17-12-14(6-7-18(17)26-15-4-2-1-3-5-15)22-19(24)23-10-11-25-16(13-23)8-9-21/h1-7,12,16H,8-11,13,21H2,(H,22,24). The quantitative estimate of drug-likeness (QED) is 0.835. The molecule has 0 spiro atoms. The van der Waals surface area contributed by atoms with Crippen molar-refractivity contribution in [2.24, 2.45) is 5.73 Å². The van der Waals surface area contributed by atoms with Crippen LogP contribution >= 0.6 is 11.6 Å². The molecule has 6 nitrogen and oxygen atoms in total. The van der Waals surface area contributed by atoms with Gasteiger partial charge in [0, 0.05) is 18.8 Å². The van der Waals surface area contributed by atoms with Crippen LogP contribution in [0.2, 0.25) is 5.02 Å². The molecule has 0 aliphatic carbocycles. The SMILES string of the molecule is NCCC1CN(C(=O)Nc2ccc(Oc3ccccc3)c(Cl)c2)CCO1. The Balaban J connectivity index is 1.61. The smallest absolute Gasteiger partial charge is 0.322 e. The van der Waals surface area contributed by atoms with E-state index in [1.165, 1.54) is 0 Å². The number of amides is 2. The van der Waals surface area contributed by atoms with Crippen molar-refractivity contribution in [3.05, 3.63) is 53.6 Å². The number of anilines is 1. The Labute approximate surface area is 157 Å². The van der Waals surface area contributed by atoms with Crippen molar-refractivity contribution in [2.75, 3.05) is 31.6 Å². The molecule has 138 valence electrons. The lowest BCUT2D eigenvalue weighted by molar-refractivity contribution is -0.0146. The number of nitrogens with zero attached hydrogens (tertiary/aromatic N) is 1. The average Bonchev–Trinajstić information content (AvgIpc) is 2.65. The lowest BCUT2D eigenvalue weighted by Gasteiger charge is -2.32. The lowest BCUT2D eigenvalue weighted by Crippen LogP contribution is -2.47. The normalized spacial score (nSPS) is 17.0. The van der Waals surface area contributed by atoms with Gasteiger partial charge in [0.15, 0.2) is 0 Å². The number of carbonyl (C=O) groups excluding carboxylic acids is 1. The Morgan fingerprint density at radius 3 is 2.85 bits per heavy atom. The Bertz CT molecular complexity index is 740. The summed E-state index contributed by atoms with van der Waals surface area (Å²) >= 11 is 6.29. The molecule has 0 saturated carbocycles. The van der Waals surface area contributed by atoms with Crippen molar-refractivity contribution in [1.82, 2.24) is 4.90 Å². The number of carbonyl (C=O) groups is 1. The molecule has 3 rings (SSSR count). The van der Waals surface area contributed by atoms with Gasteiger partial charge >= 0.3 is 6.03 Å². The maximum absolute atomic E-state index is 12.5. The predicted octanol–water partition coefficient (Wildman–Crippen LogP) is 3.71. The van der Waals surface area contributed by atoms with Gasteiger partial charge in [-0.3, -0.25) is 0 Å². The van der Waals surface area contributed by atoms with Crippen molar-refractivity contribution >= 4 is 23.3 Å². The molecular weight excluding hydrogens is 354 g/mol. The number of urea groups is 1. The molecule has 2 aromatic carbocycles. The van der Waals surface area contributed by atoms with Crippen LogP contribution in [0, 0.1) is 0 Å². The Kier molecular flexibility index (Phi) is 6.33. The van der Waals surface area contributed by atoms with Crippen LogP contribution in [0.5, 0.6) is 11.5 Å². The first-order valence-corrected chi connectivity index (χ1v) is 8.93. The van der Waals surface area contributed by atoms with E-state index in [1.54, 1.807) is 23.1 Å². The molecule has 1 aliphatic rings. The highest BCUT2D eigenvalue weighted by atomic mass is 35.5. The van der Waals surface area contributed by atoms with E-state index < -0.39 is 0 Å². The Hall–Kier alpha value is -2.28. The third-order valence-corrected chi connectivity index (χ3v) is 4.36. The van der Waals surface area contributed by atoms with Gasteiger partial charge in [0.1, 0.15) is 11.5 Å². The fraction of sp³-hybridized carbons (Fsp3) is 0.316. The average molecular weight is 376 g/mol. The van der Waals surface area contributed by atoms with Crippen molar-refractivity contribution in [3.8, 4) is 11.5 Å². The number of ether oxygens (including phenoxy) is 2. The van der Waals surface area contributed by atoms with E-state index in [4.69, 9.17) is 26.8 Å². The highest BCUT2D eigenvalue weighted by Crippen LogP contribution is 2.31. The van der Waals surface area contributed by atoms with Gasteiger partial charge in [-0.15, -0.1) is 0 Å². The monoisotopic (exact) mass is 375 g/mol. The minimum Gasteiger partial charge on any atom is -0.456 e. The first kappa shape index (κ1) is 18.5. The zero-order valence-electron chi connectivity index (χ0n) is 14.4. The second kappa shape index (κ2) is 8.89. The van der Waals surface area contributed by atoms with Crippen LogP contribution in [0.25, 0.3) is 0 Å². The van der Waals surface area contributed by atoms with Crippen LogP contribution < -0.4 is 15.8 Å².